The van der Waals surface area contributed by atoms with Crippen LogP contribution >= 0.6 is 22.1 Å². The van der Waals surface area contributed by atoms with Gasteiger partial charge in [0.15, 0.2) is 0 Å². The predicted molar refractivity (Wildman–Crippen MR) is 54.0 cm³/mol. The van der Waals surface area contributed by atoms with Crippen molar-refractivity contribution < 1.29 is 9.29 Å². The molecular formula is C7H16O2S2. The van der Waals surface area contributed by atoms with Crippen molar-refractivity contribution in [1.29, 1.82) is 0 Å². The topological polar surface area (TPSA) is 29.5 Å². The maximum absolute atomic E-state index is 9.99. The minimum Gasteiger partial charge on any atom is -0.380 e. The van der Waals surface area contributed by atoms with Gasteiger partial charge < -0.3 is 9.29 Å². The van der Waals surface area contributed by atoms with Crippen LogP contribution in [-0.2, 0) is 4.74 Å². The van der Waals surface area contributed by atoms with Crippen LogP contribution in [0.5, 0.6) is 0 Å². The first-order valence-corrected chi connectivity index (χ1v) is 7.31. The van der Waals surface area contributed by atoms with E-state index in [1.54, 1.807) is 0 Å². The molecule has 0 radical (unpaired) electrons. The van der Waals surface area contributed by atoms with Gasteiger partial charge in [0.1, 0.15) is 0 Å². The fourth-order valence-electron chi connectivity index (χ4n) is 1.07. The van der Waals surface area contributed by atoms with E-state index >= 15 is 0 Å². The smallest absolute Gasteiger partial charge is 0.0562 e. The molecular weight excluding hydrogens is 180 g/mol. The molecule has 0 amide bonds. The van der Waals surface area contributed by atoms with Crippen LogP contribution in [0.2, 0.25) is 0 Å². The van der Waals surface area contributed by atoms with Crippen molar-refractivity contribution in [3.8, 4) is 0 Å². The zero-order valence-corrected chi connectivity index (χ0v) is 8.55. The lowest BCUT2D eigenvalue weighted by Crippen LogP contribution is -2.25. The zero-order chi connectivity index (χ0) is 8.16. The SMILES string of the molecule is CSCCS1(O)CCOCC1. The molecule has 1 fully saturated rings. The highest BCUT2D eigenvalue weighted by atomic mass is 32.3. The lowest BCUT2D eigenvalue weighted by Gasteiger charge is -2.37. The van der Waals surface area contributed by atoms with Gasteiger partial charge in [-0.2, -0.15) is 11.8 Å². The van der Waals surface area contributed by atoms with Gasteiger partial charge in [-0.25, -0.2) is 0 Å². The highest BCUT2D eigenvalue weighted by Gasteiger charge is 2.23. The van der Waals surface area contributed by atoms with Crippen LogP contribution in [0, 0.1) is 0 Å². The number of hydrogen-bond donors (Lipinski definition) is 1. The molecule has 0 atom stereocenters. The van der Waals surface area contributed by atoms with E-state index < -0.39 is 10.3 Å². The number of ether oxygens (including phenoxy) is 1. The highest BCUT2D eigenvalue weighted by Crippen LogP contribution is 2.44. The van der Waals surface area contributed by atoms with Crippen molar-refractivity contribution in [3.05, 3.63) is 0 Å². The first kappa shape index (κ1) is 9.71. The van der Waals surface area contributed by atoms with E-state index in [2.05, 4.69) is 6.26 Å². The van der Waals surface area contributed by atoms with E-state index in [1.807, 2.05) is 11.8 Å². The Hall–Kier alpha value is 0.620. The Labute approximate surface area is 74.2 Å². The molecule has 4 heteroatoms. The van der Waals surface area contributed by atoms with Crippen LogP contribution in [0.4, 0.5) is 0 Å². The van der Waals surface area contributed by atoms with Gasteiger partial charge in [-0.1, -0.05) is 0 Å². The Morgan fingerprint density at radius 3 is 2.64 bits per heavy atom. The van der Waals surface area contributed by atoms with Crippen LogP contribution in [0.3, 0.4) is 0 Å². The molecule has 1 aliphatic rings. The summed E-state index contributed by atoms with van der Waals surface area (Å²) in [6, 6.07) is 0. The zero-order valence-electron chi connectivity index (χ0n) is 6.91. The summed E-state index contributed by atoms with van der Waals surface area (Å²) in [5.74, 6) is 3.88. The van der Waals surface area contributed by atoms with Gasteiger partial charge in [0, 0.05) is 23.0 Å². The highest BCUT2D eigenvalue weighted by molar-refractivity contribution is 8.29. The summed E-state index contributed by atoms with van der Waals surface area (Å²) in [4.78, 5) is 0. The molecule has 1 rings (SSSR count). The fourth-order valence-corrected chi connectivity index (χ4v) is 4.45. The van der Waals surface area contributed by atoms with Crippen molar-refractivity contribution in [2.24, 2.45) is 0 Å². The van der Waals surface area contributed by atoms with E-state index in [0.717, 1.165) is 36.2 Å². The fraction of sp³-hybridized carbons (Fsp3) is 1.00. The average molecular weight is 196 g/mol. The van der Waals surface area contributed by atoms with Gasteiger partial charge in [0.2, 0.25) is 0 Å². The largest absolute Gasteiger partial charge is 0.380 e. The molecule has 0 aromatic carbocycles. The van der Waals surface area contributed by atoms with Gasteiger partial charge in [-0.3, -0.25) is 0 Å². The molecule has 0 aromatic rings. The Morgan fingerprint density at radius 1 is 1.45 bits per heavy atom. The van der Waals surface area contributed by atoms with Crippen LogP contribution in [0.15, 0.2) is 0 Å². The molecule has 0 saturated carbocycles. The second-order valence-corrected chi connectivity index (χ2v) is 6.93. The lowest BCUT2D eigenvalue weighted by atomic mass is 10.8. The summed E-state index contributed by atoms with van der Waals surface area (Å²) >= 11 is 1.81. The maximum Gasteiger partial charge on any atom is 0.0562 e. The molecule has 1 aliphatic heterocycles. The molecule has 11 heavy (non-hydrogen) atoms. The summed E-state index contributed by atoms with van der Waals surface area (Å²) in [5.41, 5.74) is 0. The summed E-state index contributed by atoms with van der Waals surface area (Å²) in [5, 5.41) is 0. The molecule has 68 valence electrons. The van der Waals surface area contributed by atoms with Crippen LogP contribution < -0.4 is 0 Å². The minimum absolute atomic E-state index is 0.764. The van der Waals surface area contributed by atoms with Crippen molar-refractivity contribution in [1.82, 2.24) is 0 Å². The first-order chi connectivity index (χ1) is 5.27. The number of rotatable bonds is 3. The third-order valence-electron chi connectivity index (χ3n) is 1.88. The first-order valence-electron chi connectivity index (χ1n) is 3.82. The van der Waals surface area contributed by atoms with Crippen LogP contribution in [-0.4, -0.2) is 47.0 Å². The summed E-state index contributed by atoms with van der Waals surface area (Å²) in [6.45, 7) is 1.53. The van der Waals surface area contributed by atoms with Crippen molar-refractivity contribution in [3.63, 3.8) is 0 Å². The standard InChI is InChI=1S/C7H16O2S2/c1-10-4-7-11(8)5-2-9-3-6-11/h8H,2-7H2,1H3. The number of hydrogen-bond acceptors (Lipinski definition) is 3. The average Bonchev–Trinajstić information content (AvgIpc) is 2.03. The molecule has 0 bridgehead atoms. The molecule has 1 N–H and O–H groups in total. The van der Waals surface area contributed by atoms with Gasteiger partial charge in [0.25, 0.3) is 0 Å². The summed E-state index contributed by atoms with van der Waals surface area (Å²) in [7, 11) is -1.25. The van der Waals surface area contributed by atoms with Gasteiger partial charge in [0.05, 0.1) is 13.2 Å². The number of thioether (sulfide) groups is 1. The van der Waals surface area contributed by atoms with Gasteiger partial charge >= 0.3 is 0 Å². The van der Waals surface area contributed by atoms with E-state index in [4.69, 9.17) is 4.74 Å². The third kappa shape index (κ3) is 3.23. The second kappa shape index (κ2) is 4.60. The van der Waals surface area contributed by atoms with E-state index in [0.29, 0.717) is 0 Å². The molecule has 0 aliphatic carbocycles. The van der Waals surface area contributed by atoms with Crippen LogP contribution in [0.25, 0.3) is 0 Å². The molecule has 0 aromatic heterocycles. The molecule has 0 unspecified atom stereocenters. The second-order valence-electron chi connectivity index (χ2n) is 2.72. The summed E-state index contributed by atoms with van der Waals surface area (Å²) in [6.07, 6.45) is 2.09. The quantitative estimate of drug-likeness (QED) is 0.744. The van der Waals surface area contributed by atoms with Gasteiger partial charge in [-0.15, -0.1) is 10.3 Å². The minimum atomic E-state index is -1.25. The van der Waals surface area contributed by atoms with Gasteiger partial charge in [-0.05, 0) is 6.26 Å². The molecule has 0 spiro atoms. The maximum atomic E-state index is 9.99. The Bertz CT molecular complexity index is 113. The predicted octanol–water partition coefficient (Wildman–Crippen LogP) is 1.66. The van der Waals surface area contributed by atoms with Crippen molar-refractivity contribution in [2.75, 3.05) is 42.5 Å². The van der Waals surface area contributed by atoms with E-state index in [-0.39, 0.29) is 0 Å². The molecule has 2 nitrogen and oxygen atoms in total. The van der Waals surface area contributed by atoms with Crippen molar-refractivity contribution >= 4 is 22.1 Å². The Morgan fingerprint density at radius 2 is 2.09 bits per heavy atom. The third-order valence-corrected chi connectivity index (χ3v) is 5.57. The van der Waals surface area contributed by atoms with Crippen LogP contribution in [0.1, 0.15) is 0 Å². The Balaban J connectivity index is 2.25. The Kier molecular flexibility index (Phi) is 4.06. The lowest BCUT2D eigenvalue weighted by molar-refractivity contribution is 0.156. The normalized spacial score (nSPS) is 26.4. The summed E-state index contributed by atoms with van der Waals surface area (Å²) < 4.78 is 15.2. The monoisotopic (exact) mass is 196 g/mol. The molecule has 1 saturated heterocycles. The molecule has 1 heterocycles. The van der Waals surface area contributed by atoms with Crippen molar-refractivity contribution in [2.45, 2.75) is 0 Å². The van der Waals surface area contributed by atoms with E-state index in [1.165, 1.54) is 0 Å². The van der Waals surface area contributed by atoms with E-state index in [9.17, 15) is 4.55 Å².